The third-order valence-electron chi connectivity index (χ3n) is 2.01. The molecule has 74 valence electrons. The number of halogens is 1. The van der Waals surface area contributed by atoms with Crippen molar-refractivity contribution in [2.24, 2.45) is 12.8 Å². The predicted octanol–water partition coefficient (Wildman–Crippen LogP) is 1.58. The fraction of sp³-hybridized carbons (Fsp3) is 0.250. The highest BCUT2D eigenvalue weighted by Crippen LogP contribution is 2.26. The second kappa shape index (κ2) is 3.68. The van der Waals surface area contributed by atoms with E-state index in [1.165, 1.54) is 11.3 Å². The van der Waals surface area contributed by atoms with Crippen LogP contribution in [0, 0.1) is 0 Å². The summed E-state index contributed by atoms with van der Waals surface area (Å²) in [6.07, 6.45) is 1.66. The molecule has 0 bridgehead atoms. The van der Waals surface area contributed by atoms with E-state index in [9.17, 15) is 0 Å². The lowest BCUT2D eigenvalue weighted by atomic mass is 10.1. The van der Waals surface area contributed by atoms with Gasteiger partial charge in [0.25, 0.3) is 0 Å². The number of hydrogen-bond acceptors (Lipinski definition) is 4. The normalized spacial score (nSPS) is 13.1. The summed E-state index contributed by atoms with van der Waals surface area (Å²) in [4.78, 5) is 0. The quantitative estimate of drug-likeness (QED) is 0.849. The Kier molecular flexibility index (Phi) is 2.54. The van der Waals surface area contributed by atoms with E-state index in [0.29, 0.717) is 0 Å². The van der Waals surface area contributed by atoms with Crippen LogP contribution in [0.15, 0.2) is 17.6 Å². The zero-order valence-corrected chi connectivity index (χ0v) is 9.09. The molecule has 0 aliphatic heterocycles. The zero-order valence-electron chi connectivity index (χ0n) is 7.51. The highest BCUT2D eigenvalue weighted by Gasteiger charge is 2.14. The largest absolute Gasteiger partial charge is 0.319 e. The lowest BCUT2D eigenvalue weighted by molar-refractivity contribution is 0.652. The van der Waals surface area contributed by atoms with Crippen molar-refractivity contribution in [3.05, 3.63) is 33.2 Å². The van der Waals surface area contributed by atoms with Gasteiger partial charge >= 0.3 is 0 Å². The van der Waals surface area contributed by atoms with Crippen molar-refractivity contribution in [3.8, 4) is 0 Å². The van der Waals surface area contributed by atoms with Crippen molar-refractivity contribution in [1.29, 1.82) is 0 Å². The predicted molar refractivity (Wildman–Crippen MR) is 56.4 cm³/mol. The van der Waals surface area contributed by atoms with Gasteiger partial charge in [0, 0.05) is 7.05 Å². The minimum absolute atomic E-state index is 0.209. The summed E-state index contributed by atoms with van der Waals surface area (Å²) >= 11 is 7.30. The topological polar surface area (TPSA) is 56.7 Å². The van der Waals surface area contributed by atoms with Crippen LogP contribution in [0.4, 0.5) is 0 Å². The van der Waals surface area contributed by atoms with Crippen molar-refractivity contribution < 1.29 is 0 Å². The second-order valence-electron chi connectivity index (χ2n) is 2.94. The molecule has 0 aromatic carbocycles. The van der Waals surface area contributed by atoms with Gasteiger partial charge < -0.3 is 5.73 Å². The average Bonchev–Trinajstić information content (AvgIpc) is 2.73. The van der Waals surface area contributed by atoms with E-state index in [-0.39, 0.29) is 6.04 Å². The van der Waals surface area contributed by atoms with Gasteiger partial charge in [0.05, 0.1) is 22.3 Å². The van der Waals surface area contributed by atoms with Crippen molar-refractivity contribution in [2.75, 3.05) is 0 Å². The average molecular weight is 229 g/mol. The number of nitrogens with zero attached hydrogens (tertiary/aromatic N) is 3. The molecular weight excluding hydrogens is 220 g/mol. The van der Waals surface area contributed by atoms with E-state index in [1.54, 1.807) is 10.9 Å². The van der Waals surface area contributed by atoms with Crippen LogP contribution in [0.3, 0.4) is 0 Å². The molecule has 2 aromatic heterocycles. The van der Waals surface area contributed by atoms with Gasteiger partial charge in [0.15, 0.2) is 0 Å². The Hall–Kier alpha value is -0.910. The summed E-state index contributed by atoms with van der Waals surface area (Å²) in [5.74, 6) is 0. The molecule has 1 unspecified atom stereocenters. The van der Waals surface area contributed by atoms with Crippen LogP contribution < -0.4 is 5.73 Å². The number of rotatable bonds is 2. The Labute approximate surface area is 90.3 Å². The van der Waals surface area contributed by atoms with E-state index in [0.717, 1.165) is 15.6 Å². The first kappa shape index (κ1) is 9.64. The van der Waals surface area contributed by atoms with Crippen LogP contribution in [-0.2, 0) is 7.05 Å². The van der Waals surface area contributed by atoms with Crippen molar-refractivity contribution >= 4 is 22.9 Å². The molecule has 0 radical (unpaired) electrons. The van der Waals surface area contributed by atoms with E-state index in [1.807, 2.05) is 18.5 Å². The lowest BCUT2D eigenvalue weighted by Crippen LogP contribution is -2.15. The van der Waals surface area contributed by atoms with Gasteiger partial charge in [-0.25, -0.2) is 0 Å². The fourth-order valence-corrected chi connectivity index (χ4v) is 2.16. The van der Waals surface area contributed by atoms with Crippen LogP contribution in [-0.4, -0.2) is 15.0 Å². The third-order valence-corrected chi connectivity index (χ3v) is 3.12. The molecule has 0 aliphatic rings. The van der Waals surface area contributed by atoms with Crippen LogP contribution in [0.2, 0.25) is 4.34 Å². The zero-order chi connectivity index (χ0) is 10.1. The SMILES string of the molecule is Cn1nncc1C(N)c1csc(Cl)c1. The van der Waals surface area contributed by atoms with Crippen molar-refractivity contribution in [1.82, 2.24) is 15.0 Å². The van der Waals surface area contributed by atoms with E-state index in [4.69, 9.17) is 17.3 Å². The molecule has 1 atom stereocenters. The molecule has 0 fully saturated rings. The maximum atomic E-state index is 6.02. The molecule has 0 saturated heterocycles. The van der Waals surface area contributed by atoms with Crippen LogP contribution >= 0.6 is 22.9 Å². The Bertz CT molecular complexity index is 436. The van der Waals surface area contributed by atoms with Gasteiger partial charge in [-0.15, -0.1) is 16.4 Å². The molecule has 0 aliphatic carbocycles. The van der Waals surface area contributed by atoms with E-state index in [2.05, 4.69) is 10.3 Å². The lowest BCUT2D eigenvalue weighted by Gasteiger charge is -2.08. The van der Waals surface area contributed by atoms with Crippen LogP contribution in [0.5, 0.6) is 0 Å². The highest BCUT2D eigenvalue weighted by molar-refractivity contribution is 7.14. The minimum Gasteiger partial charge on any atom is -0.319 e. The van der Waals surface area contributed by atoms with Gasteiger partial charge in [0.1, 0.15) is 0 Å². The fourth-order valence-electron chi connectivity index (χ4n) is 1.24. The third kappa shape index (κ3) is 1.66. The first-order chi connectivity index (χ1) is 6.68. The van der Waals surface area contributed by atoms with Crippen LogP contribution in [0.25, 0.3) is 0 Å². The van der Waals surface area contributed by atoms with Crippen molar-refractivity contribution in [2.45, 2.75) is 6.04 Å². The molecule has 2 heterocycles. The maximum Gasteiger partial charge on any atom is 0.0931 e. The van der Waals surface area contributed by atoms with Crippen LogP contribution in [0.1, 0.15) is 17.3 Å². The van der Waals surface area contributed by atoms with Gasteiger partial charge in [-0.3, -0.25) is 4.68 Å². The molecule has 0 amide bonds. The Morgan fingerprint density at radius 2 is 2.43 bits per heavy atom. The first-order valence-electron chi connectivity index (χ1n) is 4.02. The molecule has 2 aromatic rings. The Morgan fingerprint density at radius 1 is 1.64 bits per heavy atom. The Morgan fingerprint density at radius 3 is 2.93 bits per heavy atom. The minimum atomic E-state index is -0.209. The summed E-state index contributed by atoms with van der Waals surface area (Å²) < 4.78 is 2.40. The number of thiophene rings is 1. The highest BCUT2D eigenvalue weighted by atomic mass is 35.5. The van der Waals surface area contributed by atoms with Crippen molar-refractivity contribution in [3.63, 3.8) is 0 Å². The van der Waals surface area contributed by atoms with E-state index < -0.39 is 0 Å². The molecule has 2 N–H and O–H groups in total. The summed E-state index contributed by atoms with van der Waals surface area (Å²) in [5.41, 5.74) is 7.89. The second-order valence-corrected chi connectivity index (χ2v) is 4.49. The molecule has 0 saturated carbocycles. The summed E-state index contributed by atoms with van der Waals surface area (Å²) in [6.45, 7) is 0. The molecule has 6 heteroatoms. The number of aryl methyl sites for hydroxylation is 1. The monoisotopic (exact) mass is 228 g/mol. The van der Waals surface area contributed by atoms with Gasteiger partial charge in [-0.1, -0.05) is 16.8 Å². The van der Waals surface area contributed by atoms with Gasteiger partial charge in [0.2, 0.25) is 0 Å². The summed E-state index contributed by atoms with van der Waals surface area (Å²) in [7, 11) is 1.82. The smallest absolute Gasteiger partial charge is 0.0931 e. The summed E-state index contributed by atoms with van der Waals surface area (Å²) in [5, 5.41) is 9.55. The molecule has 14 heavy (non-hydrogen) atoms. The molecule has 2 rings (SSSR count). The standard InChI is InChI=1S/C8H9ClN4S/c1-13-6(3-11-12-13)8(10)5-2-7(9)14-4-5/h2-4,8H,10H2,1H3. The number of aromatic nitrogens is 3. The first-order valence-corrected chi connectivity index (χ1v) is 5.28. The maximum absolute atomic E-state index is 6.02. The van der Waals surface area contributed by atoms with Gasteiger partial charge in [-0.05, 0) is 17.0 Å². The molecular formula is C8H9ClN4S. The molecule has 0 spiro atoms. The van der Waals surface area contributed by atoms with Gasteiger partial charge in [-0.2, -0.15) is 0 Å². The number of nitrogens with two attached hydrogens (primary N) is 1. The Balaban J connectivity index is 2.33. The van der Waals surface area contributed by atoms with E-state index >= 15 is 0 Å². The molecule has 4 nitrogen and oxygen atoms in total. The summed E-state index contributed by atoms with van der Waals surface area (Å²) in [6, 6.07) is 1.66. The number of hydrogen-bond donors (Lipinski definition) is 1.